The number of hydrogen-bond donors (Lipinski definition) is 1. The molecule has 1 aromatic heterocycles. The maximum Gasteiger partial charge on any atom is 0.0669 e. The minimum atomic E-state index is 0.209. The van der Waals surface area contributed by atoms with Gasteiger partial charge >= 0.3 is 0 Å². The lowest BCUT2D eigenvalue weighted by atomic mass is 10.1. The maximum absolute atomic E-state index is 8.61. The molecule has 90 valence electrons. The molecular weight excluding hydrogens is 222 g/mol. The lowest BCUT2D eigenvalue weighted by molar-refractivity contribution is 0.875. The van der Waals surface area contributed by atoms with Crippen molar-refractivity contribution in [3.8, 4) is 6.07 Å². The first kappa shape index (κ1) is 12.1. The molecule has 0 aliphatic heterocycles. The van der Waals surface area contributed by atoms with Gasteiger partial charge in [0, 0.05) is 18.1 Å². The second-order valence-electron chi connectivity index (χ2n) is 4.18. The zero-order valence-corrected chi connectivity index (χ0v) is 10.3. The Bertz CT molecular complexity index is 526. The number of hydrogen-bond acceptors (Lipinski definition) is 3. The van der Waals surface area contributed by atoms with Crippen molar-refractivity contribution in [1.29, 1.82) is 5.26 Å². The second kappa shape index (κ2) is 5.83. The van der Waals surface area contributed by atoms with Gasteiger partial charge in [-0.1, -0.05) is 18.2 Å². The van der Waals surface area contributed by atoms with Gasteiger partial charge in [-0.3, -0.25) is 4.98 Å². The number of rotatable bonds is 4. The molecule has 1 N–H and O–H groups in total. The van der Waals surface area contributed by atoms with E-state index in [1.54, 1.807) is 6.20 Å². The summed E-state index contributed by atoms with van der Waals surface area (Å²) < 4.78 is 0. The van der Waals surface area contributed by atoms with Gasteiger partial charge in [0.25, 0.3) is 0 Å². The third kappa shape index (κ3) is 3.08. The lowest BCUT2D eigenvalue weighted by Gasteiger charge is -2.15. The van der Waals surface area contributed by atoms with Crippen LogP contribution in [0.15, 0.2) is 48.8 Å². The number of nitriles is 1. The molecule has 1 aromatic carbocycles. The second-order valence-corrected chi connectivity index (χ2v) is 4.18. The summed E-state index contributed by atoms with van der Waals surface area (Å²) in [4.78, 5) is 4.11. The topological polar surface area (TPSA) is 48.7 Å². The van der Waals surface area contributed by atoms with Crippen molar-refractivity contribution in [3.63, 3.8) is 0 Å². The highest BCUT2D eigenvalue weighted by atomic mass is 14.9. The van der Waals surface area contributed by atoms with Crippen LogP contribution in [0, 0.1) is 11.3 Å². The quantitative estimate of drug-likeness (QED) is 0.887. The van der Waals surface area contributed by atoms with Crippen molar-refractivity contribution in [2.24, 2.45) is 0 Å². The Morgan fingerprint density at radius 1 is 1.28 bits per heavy atom. The molecule has 0 fully saturated rings. The van der Waals surface area contributed by atoms with Crippen LogP contribution >= 0.6 is 0 Å². The van der Waals surface area contributed by atoms with Gasteiger partial charge in [0.05, 0.1) is 18.5 Å². The van der Waals surface area contributed by atoms with E-state index in [1.165, 1.54) is 0 Å². The molecule has 0 bridgehead atoms. The Morgan fingerprint density at radius 3 is 2.67 bits per heavy atom. The lowest BCUT2D eigenvalue weighted by Crippen LogP contribution is -2.06. The van der Waals surface area contributed by atoms with Gasteiger partial charge in [-0.05, 0) is 36.2 Å². The van der Waals surface area contributed by atoms with Gasteiger partial charge in [-0.2, -0.15) is 5.26 Å². The SMILES string of the molecule is CC(Nc1ccc(CC#N)cc1)c1cccnc1. The van der Waals surface area contributed by atoms with E-state index in [0.717, 1.165) is 16.8 Å². The highest BCUT2D eigenvalue weighted by Crippen LogP contribution is 2.18. The Hall–Kier alpha value is -2.34. The van der Waals surface area contributed by atoms with Crippen LogP contribution < -0.4 is 5.32 Å². The largest absolute Gasteiger partial charge is 0.378 e. The van der Waals surface area contributed by atoms with E-state index in [2.05, 4.69) is 29.4 Å². The fourth-order valence-electron chi connectivity index (χ4n) is 1.78. The number of nitrogens with zero attached hydrogens (tertiary/aromatic N) is 2. The van der Waals surface area contributed by atoms with Gasteiger partial charge in [-0.15, -0.1) is 0 Å². The van der Waals surface area contributed by atoms with Gasteiger partial charge < -0.3 is 5.32 Å². The minimum absolute atomic E-state index is 0.209. The summed E-state index contributed by atoms with van der Waals surface area (Å²) in [6, 6.07) is 14.3. The fourth-order valence-corrected chi connectivity index (χ4v) is 1.78. The van der Waals surface area contributed by atoms with Crippen LogP contribution in [0.25, 0.3) is 0 Å². The molecular formula is C15H15N3. The third-order valence-electron chi connectivity index (χ3n) is 2.80. The van der Waals surface area contributed by atoms with Gasteiger partial charge in [0.15, 0.2) is 0 Å². The first-order valence-corrected chi connectivity index (χ1v) is 5.92. The number of anilines is 1. The van der Waals surface area contributed by atoms with E-state index in [4.69, 9.17) is 5.26 Å². The Balaban J connectivity index is 2.03. The molecule has 3 nitrogen and oxygen atoms in total. The summed E-state index contributed by atoms with van der Waals surface area (Å²) >= 11 is 0. The average molecular weight is 237 g/mol. The number of aromatic nitrogens is 1. The summed E-state index contributed by atoms with van der Waals surface area (Å²) in [6.45, 7) is 2.10. The monoisotopic (exact) mass is 237 g/mol. The summed E-state index contributed by atoms with van der Waals surface area (Å²) in [6.07, 6.45) is 4.09. The molecule has 0 amide bonds. The maximum atomic E-state index is 8.61. The molecule has 2 rings (SSSR count). The Kier molecular flexibility index (Phi) is 3.93. The molecule has 2 aromatic rings. The van der Waals surface area contributed by atoms with Crippen molar-refractivity contribution in [2.75, 3.05) is 5.32 Å². The van der Waals surface area contributed by atoms with Gasteiger partial charge in [-0.25, -0.2) is 0 Å². The van der Waals surface area contributed by atoms with Crippen LogP contribution in [0.1, 0.15) is 24.1 Å². The molecule has 1 unspecified atom stereocenters. The molecule has 0 radical (unpaired) electrons. The summed E-state index contributed by atoms with van der Waals surface area (Å²) in [5.41, 5.74) is 3.24. The van der Waals surface area contributed by atoms with Crippen molar-refractivity contribution in [1.82, 2.24) is 4.98 Å². The van der Waals surface area contributed by atoms with E-state index in [0.29, 0.717) is 6.42 Å². The highest BCUT2D eigenvalue weighted by Gasteiger charge is 2.04. The van der Waals surface area contributed by atoms with Gasteiger partial charge in [0.1, 0.15) is 0 Å². The number of pyridine rings is 1. The van der Waals surface area contributed by atoms with E-state index in [-0.39, 0.29) is 6.04 Å². The zero-order chi connectivity index (χ0) is 12.8. The summed E-state index contributed by atoms with van der Waals surface area (Å²) in [5.74, 6) is 0. The standard InChI is InChI=1S/C15H15N3/c1-12(14-3-2-10-17-11-14)18-15-6-4-13(5-7-15)8-9-16/h2-7,10-12,18H,8H2,1H3. The van der Waals surface area contributed by atoms with Crippen LogP contribution in [-0.4, -0.2) is 4.98 Å². The predicted octanol–water partition coefficient (Wildman–Crippen LogP) is 3.32. The van der Waals surface area contributed by atoms with Crippen LogP contribution in [-0.2, 0) is 6.42 Å². The van der Waals surface area contributed by atoms with Crippen LogP contribution in [0.4, 0.5) is 5.69 Å². The Labute approximate surface area is 107 Å². The first-order chi connectivity index (χ1) is 8.79. The van der Waals surface area contributed by atoms with E-state index in [1.807, 2.05) is 36.5 Å². The average Bonchev–Trinajstić information content (AvgIpc) is 2.42. The molecule has 0 saturated heterocycles. The Morgan fingerprint density at radius 2 is 2.06 bits per heavy atom. The van der Waals surface area contributed by atoms with Gasteiger partial charge in [0.2, 0.25) is 0 Å². The van der Waals surface area contributed by atoms with Crippen LogP contribution in [0.3, 0.4) is 0 Å². The fraction of sp³-hybridized carbons (Fsp3) is 0.200. The molecule has 1 heterocycles. The van der Waals surface area contributed by atoms with E-state index < -0.39 is 0 Å². The normalized spacial score (nSPS) is 11.6. The van der Waals surface area contributed by atoms with Crippen molar-refractivity contribution in [3.05, 3.63) is 59.9 Å². The van der Waals surface area contributed by atoms with Crippen molar-refractivity contribution >= 4 is 5.69 Å². The first-order valence-electron chi connectivity index (χ1n) is 5.92. The predicted molar refractivity (Wildman–Crippen MR) is 72.0 cm³/mol. The zero-order valence-electron chi connectivity index (χ0n) is 10.3. The highest BCUT2D eigenvalue weighted by molar-refractivity contribution is 5.46. The van der Waals surface area contributed by atoms with Crippen LogP contribution in [0.2, 0.25) is 0 Å². The summed E-state index contributed by atoms with van der Waals surface area (Å²) in [5, 5.41) is 12.0. The molecule has 0 aliphatic carbocycles. The van der Waals surface area contributed by atoms with E-state index >= 15 is 0 Å². The summed E-state index contributed by atoms with van der Waals surface area (Å²) in [7, 11) is 0. The smallest absolute Gasteiger partial charge is 0.0669 e. The van der Waals surface area contributed by atoms with Crippen LogP contribution in [0.5, 0.6) is 0 Å². The van der Waals surface area contributed by atoms with E-state index in [9.17, 15) is 0 Å². The van der Waals surface area contributed by atoms with Crippen molar-refractivity contribution in [2.45, 2.75) is 19.4 Å². The number of benzene rings is 1. The van der Waals surface area contributed by atoms with Crippen molar-refractivity contribution < 1.29 is 0 Å². The molecule has 0 spiro atoms. The molecule has 3 heteroatoms. The molecule has 0 aliphatic rings. The number of nitrogens with one attached hydrogen (secondary N) is 1. The molecule has 0 saturated carbocycles. The molecule has 1 atom stereocenters. The third-order valence-corrected chi connectivity index (χ3v) is 2.80. The molecule has 18 heavy (non-hydrogen) atoms. The minimum Gasteiger partial charge on any atom is -0.378 e.